The molecule has 0 aliphatic rings. The molecular formula is C9H8F4O2. The number of rotatable bonds is 3. The Kier molecular flexibility index (Phi) is 3.18. The number of aliphatic hydroxyl groups excluding tert-OH is 1. The molecule has 0 bridgehead atoms. The van der Waals surface area contributed by atoms with Crippen LogP contribution in [-0.4, -0.2) is 18.8 Å². The van der Waals surface area contributed by atoms with Crippen molar-refractivity contribution >= 4 is 0 Å². The maximum atomic E-state index is 13.1. The van der Waals surface area contributed by atoms with E-state index in [1.807, 2.05) is 0 Å². The molecule has 1 N–H and O–H groups in total. The number of aliphatic hydroxyl groups is 1. The fourth-order valence-corrected chi connectivity index (χ4v) is 1.05. The van der Waals surface area contributed by atoms with Crippen LogP contribution < -0.4 is 4.74 Å². The summed E-state index contributed by atoms with van der Waals surface area (Å²) in [6.45, 7) is -1.59. The third-order valence-electron chi connectivity index (χ3n) is 1.83. The standard InChI is InChI=1S/C9H8F4O2/c1-15-8-3-6(10)5(2-7(8)11)9(12,13)4-14/h2-3,14H,4H2,1H3. The highest BCUT2D eigenvalue weighted by Gasteiger charge is 2.34. The van der Waals surface area contributed by atoms with E-state index in [2.05, 4.69) is 4.74 Å². The molecule has 0 fully saturated rings. The molecule has 0 atom stereocenters. The lowest BCUT2D eigenvalue weighted by Gasteiger charge is -2.15. The van der Waals surface area contributed by atoms with E-state index in [4.69, 9.17) is 5.11 Å². The van der Waals surface area contributed by atoms with Gasteiger partial charge in [0.2, 0.25) is 0 Å². The van der Waals surface area contributed by atoms with Gasteiger partial charge in [-0.15, -0.1) is 0 Å². The molecule has 0 aliphatic heterocycles. The number of alkyl halides is 2. The van der Waals surface area contributed by atoms with Crippen LogP contribution in [0, 0.1) is 11.6 Å². The van der Waals surface area contributed by atoms with Crippen LogP contribution in [0.15, 0.2) is 12.1 Å². The molecule has 0 radical (unpaired) electrons. The van der Waals surface area contributed by atoms with E-state index >= 15 is 0 Å². The predicted octanol–water partition coefficient (Wildman–Crippen LogP) is 2.06. The van der Waals surface area contributed by atoms with Crippen molar-refractivity contribution < 1.29 is 27.4 Å². The quantitative estimate of drug-likeness (QED) is 0.796. The van der Waals surface area contributed by atoms with Crippen LogP contribution >= 0.6 is 0 Å². The molecule has 0 amide bonds. The van der Waals surface area contributed by atoms with Gasteiger partial charge in [0.25, 0.3) is 5.92 Å². The molecule has 0 unspecified atom stereocenters. The Morgan fingerprint density at radius 3 is 2.33 bits per heavy atom. The number of halogens is 4. The van der Waals surface area contributed by atoms with Crippen LogP contribution in [-0.2, 0) is 5.92 Å². The predicted molar refractivity (Wildman–Crippen MR) is 43.9 cm³/mol. The lowest BCUT2D eigenvalue weighted by atomic mass is 10.1. The molecule has 1 aromatic rings. The summed E-state index contributed by atoms with van der Waals surface area (Å²) in [4.78, 5) is 0. The lowest BCUT2D eigenvalue weighted by molar-refractivity contribution is -0.0585. The van der Waals surface area contributed by atoms with E-state index in [0.717, 1.165) is 7.11 Å². The zero-order chi connectivity index (χ0) is 11.6. The summed E-state index contributed by atoms with van der Waals surface area (Å²) in [5.41, 5.74) is -1.19. The molecule has 0 spiro atoms. The van der Waals surface area contributed by atoms with Gasteiger partial charge in [0.15, 0.2) is 11.6 Å². The topological polar surface area (TPSA) is 29.5 Å². The Hall–Kier alpha value is -1.30. The van der Waals surface area contributed by atoms with Gasteiger partial charge in [0, 0.05) is 6.07 Å². The molecule has 0 saturated carbocycles. The first-order valence-corrected chi connectivity index (χ1v) is 3.94. The van der Waals surface area contributed by atoms with Crippen molar-refractivity contribution in [2.45, 2.75) is 5.92 Å². The van der Waals surface area contributed by atoms with Gasteiger partial charge in [-0.1, -0.05) is 0 Å². The molecule has 15 heavy (non-hydrogen) atoms. The first-order valence-electron chi connectivity index (χ1n) is 3.94. The van der Waals surface area contributed by atoms with Gasteiger partial charge in [0.1, 0.15) is 12.4 Å². The van der Waals surface area contributed by atoms with E-state index in [9.17, 15) is 17.6 Å². The smallest absolute Gasteiger partial charge is 0.298 e. The number of ether oxygens (including phenoxy) is 1. The molecule has 84 valence electrons. The molecule has 6 heteroatoms. The van der Waals surface area contributed by atoms with Crippen LogP contribution in [0.3, 0.4) is 0 Å². The molecule has 0 heterocycles. The summed E-state index contributed by atoms with van der Waals surface area (Å²) >= 11 is 0. The molecule has 2 nitrogen and oxygen atoms in total. The molecule has 1 aromatic carbocycles. The normalized spacial score (nSPS) is 11.6. The number of hydrogen-bond donors (Lipinski definition) is 1. The molecule has 0 aromatic heterocycles. The zero-order valence-corrected chi connectivity index (χ0v) is 7.73. The highest BCUT2D eigenvalue weighted by atomic mass is 19.3. The van der Waals surface area contributed by atoms with E-state index in [0.29, 0.717) is 12.1 Å². The fourth-order valence-electron chi connectivity index (χ4n) is 1.05. The first-order chi connectivity index (χ1) is 6.92. The van der Waals surface area contributed by atoms with Crippen molar-refractivity contribution in [3.05, 3.63) is 29.3 Å². The minimum absolute atomic E-state index is 0.310. The Morgan fingerprint density at radius 1 is 1.27 bits per heavy atom. The average molecular weight is 224 g/mol. The summed E-state index contributed by atoms with van der Waals surface area (Å²) in [6.07, 6.45) is 0. The number of benzene rings is 1. The molecular weight excluding hydrogens is 216 g/mol. The maximum absolute atomic E-state index is 13.1. The largest absolute Gasteiger partial charge is 0.494 e. The fraction of sp³-hybridized carbons (Fsp3) is 0.333. The van der Waals surface area contributed by atoms with Crippen LogP contribution in [0.1, 0.15) is 5.56 Å². The van der Waals surface area contributed by atoms with Crippen molar-refractivity contribution in [3.63, 3.8) is 0 Å². The summed E-state index contributed by atoms with van der Waals surface area (Å²) in [7, 11) is 1.09. The second-order valence-electron chi connectivity index (χ2n) is 2.83. The van der Waals surface area contributed by atoms with Crippen LogP contribution in [0.5, 0.6) is 5.75 Å². The summed E-state index contributed by atoms with van der Waals surface area (Å²) in [6, 6.07) is 0.818. The van der Waals surface area contributed by atoms with Gasteiger partial charge < -0.3 is 9.84 Å². The van der Waals surface area contributed by atoms with E-state index < -0.39 is 35.5 Å². The zero-order valence-electron chi connectivity index (χ0n) is 7.73. The summed E-state index contributed by atoms with van der Waals surface area (Å²) in [5.74, 6) is -6.71. The second-order valence-corrected chi connectivity index (χ2v) is 2.83. The van der Waals surface area contributed by atoms with Crippen molar-refractivity contribution in [2.75, 3.05) is 13.7 Å². The molecule has 0 aliphatic carbocycles. The lowest BCUT2D eigenvalue weighted by Crippen LogP contribution is -2.20. The monoisotopic (exact) mass is 224 g/mol. The van der Waals surface area contributed by atoms with Crippen molar-refractivity contribution in [3.8, 4) is 5.75 Å². The summed E-state index contributed by atoms with van der Waals surface area (Å²) in [5, 5.41) is 8.32. The Balaban J connectivity index is 3.28. The van der Waals surface area contributed by atoms with Gasteiger partial charge in [0.05, 0.1) is 12.7 Å². The Morgan fingerprint density at radius 2 is 1.87 bits per heavy atom. The summed E-state index contributed by atoms with van der Waals surface area (Å²) < 4.78 is 56.2. The third-order valence-corrected chi connectivity index (χ3v) is 1.83. The average Bonchev–Trinajstić information content (AvgIpc) is 2.20. The highest BCUT2D eigenvalue weighted by molar-refractivity contribution is 5.33. The van der Waals surface area contributed by atoms with Crippen molar-refractivity contribution in [2.24, 2.45) is 0 Å². The number of hydrogen-bond acceptors (Lipinski definition) is 2. The van der Waals surface area contributed by atoms with Crippen LogP contribution in [0.25, 0.3) is 0 Å². The van der Waals surface area contributed by atoms with E-state index in [1.165, 1.54) is 0 Å². The van der Waals surface area contributed by atoms with Crippen LogP contribution in [0.2, 0.25) is 0 Å². The minimum atomic E-state index is -3.81. The molecule has 0 saturated heterocycles. The third kappa shape index (κ3) is 2.20. The van der Waals surface area contributed by atoms with Crippen LogP contribution in [0.4, 0.5) is 17.6 Å². The Labute approximate surface area is 83.1 Å². The van der Waals surface area contributed by atoms with Gasteiger partial charge >= 0.3 is 0 Å². The maximum Gasteiger partial charge on any atom is 0.298 e. The highest BCUT2D eigenvalue weighted by Crippen LogP contribution is 2.32. The SMILES string of the molecule is COc1cc(F)c(C(F)(F)CO)cc1F. The first kappa shape index (κ1) is 11.8. The van der Waals surface area contributed by atoms with Gasteiger partial charge in [-0.2, -0.15) is 8.78 Å². The van der Waals surface area contributed by atoms with Crippen molar-refractivity contribution in [1.82, 2.24) is 0 Å². The van der Waals surface area contributed by atoms with Gasteiger partial charge in [-0.3, -0.25) is 0 Å². The van der Waals surface area contributed by atoms with E-state index in [1.54, 1.807) is 0 Å². The van der Waals surface area contributed by atoms with E-state index in [-0.39, 0.29) is 0 Å². The van der Waals surface area contributed by atoms with Gasteiger partial charge in [-0.25, -0.2) is 8.78 Å². The minimum Gasteiger partial charge on any atom is -0.494 e. The van der Waals surface area contributed by atoms with Gasteiger partial charge in [-0.05, 0) is 6.07 Å². The second kappa shape index (κ2) is 4.06. The Bertz CT molecular complexity index is 365. The molecule has 1 rings (SSSR count). The van der Waals surface area contributed by atoms with Crippen molar-refractivity contribution in [1.29, 1.82) is 0 Å². The number of methoxy groups -OCH3 is 1.